The second-order valence-corrected chi connectivity index (χ2v) is 9.25. The molecule has 0 spiro atoms. The summed E-state index contributed by atoms with van der Waals surface area (Å²) in [4.78, 5) is 0. The van der Waals surface area contributed by atoms with E-state index in [2.05, 4.69) is 27.7 Å². The van der Waals surface area contributed by atoms with E-state index in [0.717, 1.165) is 5.92 Å². The van der Waals surface area contributed by atoms with Crippen molar-refractivity contribution >= 4 is 0 Å². The number of hydrogen-bond donors (Lipinski definition) is 1. The van der Waals surface area contributed by atoms with E-state index in [-0.39, 0.29) is 11.0 Å². The van der Waals surface area contributed by atoms with Gasteiger partial charge in [-0.1, -0.05) is 130 Å². The van der Waals surface area contributed by atoms with Gasteiger partial charge in [-0.05, 0) is 31.6 Å². The van der Waals surface area contributed by atoms with E-state index in [4.69, 9.17) is 5.73 Å². The maximum atomic E-state index is 7.08. The molecule has 0 fully saturated rings. The van der Waals surface area contributed by atoms with Crippen molar-refractivity contribution in [2.24, 2.45) is 11.7 Å². The zero-order valence-corrected chi connectivity index (χ0v) is 20.3. The monoisotopic (exact) mass is 399 g/mol. The van der Waals surface area contributed by atoms with Crippen LogP contribution in [0.25, 0.3) is 0 Å². The fraction of sp³-hybridized carbons (Fsp3) is 1.00. The SMILES string of the molecule is CCCCCCCCCCCCC(CCCC)C(N)(CCCC)CCCC.O. The molecule has 0 saturated carbocycles. The van der Waals surface area contributed by atoms with Crippen LogP contribution in [-0.4, -0.2) is 11.0 Å². The van der Waals surface area contributed by atoms with Crippen molar-refractivity contribution in [3.63, 3.8) is 0 Å². The molecule has 4 N–H and O–H groups in total. The van der Waals surface area contributed by atoms with Gasteiger partial charge in [-0.25, -0.2) is 0 Å². The molecule has 0 aliphatic carbocycles. The Morgan fingerprint density at radius 2 is 0.857 bits per heavy atom. The molecule has 0 aromatic carbocycles. The first-order chi connectivity index (χ1) is 13.1. The molecule has 0 aliphatic heterocycles. The summed E-state index contributed by atoms with van der Waals surface area (Å²) in [5.74, 6) is 0.754. The Kier molecular flexibility index (Phi) is 23.3. The summed E-state index contributed by atoms with van der Waals surface area (Å²) in [6.07, 6.45) is 27.4. The van der Waals surface area contributed by atoms with Gasteiger partial charge in [0.25, 0.3) is 0 Å². The zero-order chi connectivity index (χ0) is 20.2. The highest BCUT2D eigenvalue weighted by Crippen LogP contribution is 2.34. The summed E-state index contributed by atoms with van der Waals surface area (Å²) in [6, 6.07) is 0. The van der Waals surface area contributed by atoms with Crippen LogP contribution in [0.4, 0.5) is 0 Å². The van der Waals surface area contributed by atoms with E-state index in [0.29, 0.717) is 0 Å². The van der Waals surface area contributed by atoms with Gasteiger partial charge in [0.05, 0.1) is 0 Å². The second-order valence-electron chi connectivity index (χ2n) is 9.25. The molecule has 0 radical (unpaired) electrons. The first-order valence-electron chi connectivity index (χ1n) is 12.9. The summed E-state index contributed by atoms with van der Waals surface area (Å²) < 4.78 is 0. The highest BCUT2D eigenvalue weighted by atomic mass is 16.0. The summed E-state index contributed by atoms with van der Waals surface area (Å²) in [5.41, 5.74) is 7.19. The minimum absolute atomic E-state index is 0. The first kappa shape index (κ1) is 30.1. The van der Waals surface area contributed by atoms with Crippen LogP contribution in [-0.2, 0) is 0 Å². The molecule has 0 aromatic rings. The Hall–Kier alpha value is -0.0800. The van der Waals surface area contributed by atoms with Gasteiger partial charge in [-0.15, -0.1) is 0 Å². The largest absolute Gasteiger partial charge is 0.412 e. The Balaban J connectivity index is 0. The number of hydrogen-bond acceptors (Lipinski definition) is 1. The van der Waals surface area contributed by atoms with E-state index in [9.17, 15) is 0 Å². The van der Waals surface area contributed by atoms with E-state index in [1.54, 1.807) is 0 Å². The van der Waals surface area contributed by atoms with Crippen LogP contribution in [0.15, 0.2) is 0 Å². The minimum Gasteiger partial charge on any atom is -0.412 e. The van der Waals surface area contributed by atoms with E-state index in [1.165, 1.54) is 128 Å². The van der Waals surface area contributed by atoms with Gasteiger partial charge in [0.2, 0.25) is 0 Å². The predicted molar refractivity (Wildman–Crippen MR) is 129 cm³/mol. The van der Waals surface area contributed by atoms with Crippen molar-refractivity contribution in [3.05, 3.63) is 0 Å². The van der Waals surface area contributed by atoms with Crippen LogP contribution in [0.1, 0.15) is 156 Å². The Bertz CT molecular complexity index is 284. The smallest absolute Gasteiger partial charge is 0.0182 e. The summed E-state index contributed by atoms with van der Waals surface area (Å²) in [7, 11) is 0. The Morgan fingerprint density at radius 1 is 0.500 bits per heavy atom. The van der Waals surface area contributed by atoms with Gasteiger partial charge in [0.15, 0.2) is 0 Å². The van der Waals surface area contributed by atoms with Gasteiger partial charge in [-0.3, -0.25) is 0 Å². The van der Waals surface area contributed by atoms with Gasteiger partial charge < -0.3 is 11.2 Å². The van der Waals surface area contributed by atoms with Crippen molar-refractivity contribution in [1.29, 1.82) is 0 Å². The standard InChI is InChI=1S/C26H55N.H2O/c1-5-9-13-14-15-16-17-18-19-20-22-25(21-10-6-2)26(27,23-11-7-3)24-12-8-4;/h25H,5-24,27H2,1-4H3;1H2. The van der Waals surface area contributed by atoms with Crippen molar-refractivity contribution < 1.29 is 5.48 Å². The molecular formula is C26H57NO. The van der Waals surface area contributed by atoms with Gasteiger partial charge in [0, 0.05) is 5.54 Å². The number of unbranched alkanes of at least 4 members (excludes halogenated alkanes) is 12. The molecule has 2 heteroatoms. The van der Waals surface area contributed by atoms with E-state index >= 15 is 0 Å². The van der Waals surface area contributed by atoms with Crippen LogP contribution < -0.4 is 5.73 Å². The molecule has 28 heavy (non-hydrogen) atoms. The molecule has 1 unspecified atom stereocenters. The molecule has 0 heterocycles. The maximum Gasteiger partial charge on any atom is 0.0182 e. The Labute approximate surface area is 179 Å². The number of nitrogens with two attached hydrogens (primary N) is 1. The van der Waals surface area contributed by atoms with Crippen LogP contribution in [0.3, 0.4) is 0 Å². The van der Waals surface area contributed by atoms with Gasteiger partial charge in [-0.2, -0.15) is 0 Å². The topological polar surface area (TPSA) is 57.5 Å². The Morgan fingerprint density at radius 3 is 1.29 bits per heavy atom. The van der Waals surface area contributed by atoms with Crippen molar-refractivity contribution in [2.45, 2.75) is 162 Å². The summed E-state index contributed by atoms with van der Waals surface area (Å²) in [5, 5.41) is 0. The summed E-state index contributed by atoms with van der Waals surface area (Å²) in [6.45, 7) is 9.25. The molecule has 0 bridgehead atoms. The quantitative estimate of drug-likeness (QED) is 0.194. The fourth-order valence-corrected chi connectivity index (χ4v) is 4.59. The lowest BCUT2D eigenvalue weighted by Crippen LogP contribution is -2.47. The molecule has 0 rings (SSSR count). The average Bonchev–Trinajstić information content (AvgIpc) is 2.68. The molecule has 1 atom stereocenters. The van der Waals surface area contributed by atoms with E-state index in [1.807, 2.05) is 0 Å². The highest BCUT2D eigenvalue weighted by Gasteiger charge is 2.32. The van der Waals surface area contributed by atoms with Crippen LogP contribution in [0.2, 0.25) is 0 Å². The summed E-state index contributed by atoms with van der Waals surface area (Å²) >= 11 is 0. The first-order valence-corrected chi connectivity index (χ1v) is 12.9. The fourth-order valence-electron chi connectivity index (χ4n) is 4.59. The van der Waals surface area contributed by atoms with Crippen molar-refractivity contribution in [1.82, 2.24) is 0 Å². The third kappa shape index (κ3) is 15.8. The van der Waals surface area contributed by atoms with Crippen molar-refractivity contribution in [2.75, 3.05) is 0 Å². The second kappa shape index (κ2) is 21.6. The maximum absolute atomic E-state index is 7.08. The van der Waals surface area contributed by atoms with Crippen LogP contribution in [0.5, 0.6) is 0 Å². The van der Waals surface area contributed by atoms with Crippen LogP contribution >= 0.6 is 0 Å². The molecule has 0 aliphatic rings. The molecule has 0 aromatic heterocycles. The average molecular weight is 400 g/mol. The van der Waals surface area contributed by atoms with Gasteiger partial charge in [0.1, 0.15) is 0 Å². The number of rotatable bonds is 21. The molecule has 172 valence electrons. The predicted octanol–water partition coefficient (Wildman–Crippen LogP) is 8.36. The van der Waals surface area contributed by atoms with Crippen LogP contribution in [0, 0.1) is 5.92 Å². The minimum atomic E-state index is 0. The third-order valence-corrected chi connectivity index (χ3v) is 6.62. The third-order valence-electron chi connectivity index (χ3n) is 6.62. The highest BCUT2D eigenvalue weighted by molar-refractivity contribution is 4.91. The molecule has 0 saturated heterocycles. The molecule has 2 nitrogen and oxygen atoms in total. The normalized spacial score (nSPS) is 12.8. The lowest BCUT2D eigenvalue weighted by atomic mass is 9.72. The molecule has 0 amide bonds. The lowest BCUT2D eigenvalue weighted by Gasteiger charge is -2.39. The van der Waals surface area contributed by atoms with E-state index < -0.39 is 0 Å². The zero-order valence-electron chi connectivity index (χ0n) is 20.3. The molecular weight excluding hydrogens is 342 g/mol. The van der Waals surface area contributed by atoms with Crippen molar-refractivity contribution in [3.8, 4) is 0 Å². The lowest BCUT2D eigenvalue weighted by molar-refractivity contribution is 0.193. The van der Waals surface area contributed by atoms with Gasteiger partial charge >= 0.3 is 0 Å².